The van der Waals surface area contributed by atoms with Crippen molar-refractivity contribution in [3.63, 3.8) is 0 Å². The predicted octanol–water partition coefficient (Wildman–Crippen LogP) is 2.97. The van der Waals surface area contributed by atoms with Crippen molar-refractivity contribution < 1.29 is 0 Å². The summed E-state index contributed by atoms with van der Waals surface area (Å²) in [5.74, 6) is 0. The molecular weight excluding hydrogens is 166 g/mol. The van der Waals surface area contributed by atoms with Gasteiger partial charge in [0.05, 0.1) is 0 Å². The van der Waals surface area contributed by atoms with E-state index in [1.165, 1.54) is 11.1 Å². The van der Waals surface area contributed by atoms with E-state index < -0.39 is 0 Å². The van der Waals surface area contributed by atoms with E-state index in [1.54, 1.807) is 0 Å². The molecule has 1 heterocycles. The number of nitrogens with one attached hydrogen (secondary N) is 1. The van der Waals surface area contributed by atoms with E-state index in [4.69, 9.17) is 0 Å². The molecular formula is C10H9NS. The number of rotatable bonds is 1. The Labute approximate surface area is 76.9 Å². The van der Waals surface area contributed by atoms with Crippen molar-refractivity contribution in [2.75, 3.05) is 0 Å². The van der Waals surface area contributed by atoms with Gasteiger partial charge < -0.3 is 4.98 Å². The maximum atomic E-state index is 4.37. The second kappa shape index (κ2) is 3.07. The maximum absolute atomic E-state index is 4.37. The van der Waals surface area contributed by atoms with Gasteiger partial charge in [0.2, 0.25) is 0 Å². The number of H-pyrrole nitrogens is 1. The Kier molecular flexibility index (Phi) is 1.92. The van der Waals surface area contributed by atoms with E-state index in [1.807, 2.05) is 36.7 Å². The summed E-state index contributed by atoms with van der Waals surface area (Å²) < 4.78 is 0. The molecule has 0 amide bonds. The Balaban J connectivity index is 2.55. The SMILES string of the molecule is Sc1ccccc1-c1cc[nH]c1. The number of aromatic amines is 1. The minimum Gasteiger partial charge on any atom is -0.367 e. The normalized spacial score (nSPS) is 10.1. The van der Waals surface area contributed by atoms with Crippen LogP contribution in [0.15, 0.2) is 47.6 Å². The third-order valence-corrected chi connectivity index (χ3v) is 2.20. The van der Waals surface area contributed by atoms with Crippen LogP contribution in [0.3, 0.4) is 0 Å². The fraction of sp³-hybridized carbons (Fsp3) is 0. The quantitative estimate of drug-likeness (QED) is 0.620. The molecule has 0 saturated heterocycles. The van der Waals surface area contributed by atoms with Crippen molar-refractivity contribution in [1.82, 2.24) is 4.98 Å². The highest BCUT2D eigenvalue weighted by molar-refractivity contribution is 7.80. The highest BCUT2D eigenvalue weighted by Gasteiger charge is 1.99. The monoisotopic (exact) mass is 175 g/mol. The predicted molar refractivity (Wildman–Crippen MR) is 53.5 cm³/mol. The highest BCUT2D eigenvalue weighted by atomic mass is 32.1. The van der Waals surface area contributed by atoms with E-state index in [-0.39, 0.29) is 0 Å². The second-order valence-corrected chi connectivity index (χ2v) is 3.10. The topological polar surface area (TPSA) is 15.8 Å². The van der Waals surface area contributed by atoms with Crippen LogP contribution in [0.5, 0.6) is 0 Å². The molecule has 0 bridgehead atoms. The van der Waals surface area contributed by atoms with Gasteiger partial charge in [-0.25, -0.2) is 0 Å². The molecule has 0 unspecified atom stereocenters. The van der Waals surface area contributed by atoms with Gasteiger partial charge in [0, 0.05) is 22.9 Å². The van der Waals surface area contributed by atoms with Crippen LogP contribution in [0.2, 0.25) is 0 Å². The first kappa shape index (κ1) is 7.50. The zero-order valence-corrected chi connectivity index (χ0v) is 7.38. The number of aromatic nitrogens is 1. The molecule has 1 nitrogen and oxygen atoms in total. The van der Waals surface area contributed by atoms with Gasteiger partial charge in [-0.1, -0.05) is 18.2 Å². The molecule has 0 fully saturated rings. The van der Waals surface area contributed by atoms with Gasteiger partial charge in [-0.3, -0.25) is 0 Å². The van der Waals surface area contributed by atoms with Crippen molar-refractivity contribution in [2.24, 2.45) is 0 Å². The van der Waals surface area contributed by atoms with Gasteiger partial charge in [-0.2, -0.15) is 0 Å². The third kappa shape index (κ3) is 1.25. The molecule has 1 aromatic heterocycles. The molecule has 0 atom stereocenters. The molecule has 0 spiro atoms. The van der Waals surface area contributed by atoms with Crippen LogP contribution in [0.25, 0.3) is 11.1 Å². The molecule has 1 aromatic carbocycles. The largest absolute Gasteiger partial charge is 0.367 e. The van der Waals surface area contributed by atoms with Crippen molar-refractivity contribution in [3.05, 3.63) is 42.7 Å². The van der Waals surface area contributed by atoms with E-state index in [9.17, 15) is 0 Å². The van der Waals surface area contributed by atoms with Gasteiger partial charge >= 0.3 is 0 Å². The van der Waals surface area contributed by atoms with Crippen molar-refractivity contribution in [2.45, 2.75) is 4.90 Å². The van der Waals surface area contributed by atoms with E-state index in [0.29, 0.717) is 0 Å². The lowest BCUT2D eigenvalue weighted by Crippen LogP contribution is -1.74. The summed E-state index contributed by atoms with van der Waals surface area (Å²) in [6.07, 6.45) is 3.88. The minimum absolute atomic E-state index is 1.01. The Morgan fingerprint density at radius 3 is 2.58 bits per heavy atom. The maximum Gasteiger partial charge on any atom is 0.0119 e. The smallest absolute Gasteiger partial charge is 0.0119 e. The first-order chi connectivity index (χ1) is 5.88. The van der Waals surface area contributed by atoms with Gasteiger partial charge in [-0.15, -0.1) is 12.6 Å². The molecule has 2 aromatic rings. The standard InChI is InChI=1S/C10H9NS/c12-10-4-2-1-3-9(10)8-5-6-11-7-8/h1-7,11-12H. The average molecular weight is 175 g/mol. The highest BCUT2D eigenvalue weighted by Crippen LogP contribution is 2.25. The summed E-state index contributed by atoms with van der Waals surface area (Å²) in [5.41, 5.74) is 2.35. The zero-order chi connectivity index (χ0) is 8.39. The van der Waals surface area contributed by atoms with Crippen molar-refractivity contribution in [1.29, 1.82) is 0 Å². The summed E-state index contributed by atoms with van der Waals surface area (Å²) in [6, 6.07) is 10.1. The average Bonchev–Trinajstić information content (AvgIpc) is 2.57. The molecule has 0 radical (unpaired) electrons. The molecule has 0 aliphatic carbocycles. The molecule has 12 heavy (non-hydrogen) atoms. The molecule has 0 aliphatic heterocycles. The zero-order valence-electron chi connectivity index (χ0n) is 6.49. The van der Waals surface area contributed by atoms with Crippen LogP contribution < -0.4 is 0 Å². The second-order valence-electron chi connectivity index (χ2n) is 2.62. The van der Waals surface area contributed by atoms with Crippen LogP contribution in [0.1, 0.15) is 0 Å². The fourth-order valence-electron chi connectivity index (χ4n) is 1.21. The molecule has 60 valence electrons. The Morgan fingerprint density at radius 1 is 1.08 bits per heavy atom. The molecule has 1 N–H and O–H groups in total. The Hall–Kier alpha value is -1.15. The van der Waals surface area contributed by atoms with Crippen LogP contribution in [0, 0.1) is 0 Å². The lowest BCUT2D eigenvalue weighted by molar-refractivity contribution is 1.40. The Morgan fingerprint density at radius 2 is 1.92 bits per heavy atom. The van der Waals surface area contributed by atoms with Gasteiger partial charge in [0.15, 0.2) is 0 Å². The van der Waals surface area contributed by atoms with Crippen LogP contribution >= 0.6 is 12.6 Å². The summed E-state index contributed by atoms with van der Waals surface area (Å²) in [5, 5.41) is 0. The number of hydrogen-bond acceptors (Lipinski definition) is 1. The molecule has 0 aliphatic rings. The summed E-state index contributed by atoms with van der Waals surface area (Å²) in [6.45, 7) is 0. The van der Waals surface area contributed by atoms with Gasteiger partial charge in [0.1, 0.15) is 0 Å². The summed E-state index contributed by atoms with van der Waals surface area (Å²) in [7, 11) is 0. The first-order valence-corrected chi connectivity index (χ1v) is 4.24. The lowest BCUT2D eigenvalue weighted by Gasteiger charge is -2.00. The van der Waals surface area contributed by atoms with Gasteiger partial charge in [-0.05, 0) is 17.7 Å². The van der Waals surface area contributed by atoms with E-state index in [0.717, 1.165) is 4.90 Å². The summed E-state index contributed by atoms with van der Waals surface area (Å²) in [4.78, 5) is 4.03. The summed E-state index contributed by atoms with van der Waals surface area (Å²) >= 11 is 4.37. The molecule has 0 saturated carbocycles. The Bertz CT molecular complexity index is 365. The molecule has 2 heteroatoms. The number of thiol groups is 1. The molecule has 2 rings (SSSR count). The van der Waals surface area contributed by atoms with Gasteiger partial charge in [0.25, 0.3) is 0 Å². The number of benzene rings is 1. The minimum atomic E-state index is 1.01. The van der Waals surface area contributed by atoms with Crippen LogP contribution in [-0.2, 0) is 0 Å². The third-order valence-electron chi connectivity index (χ3n) is 1.81. The van der Waals surface area contributed by atoms with Crippen molar-refractivity contribution >= 4 is 12.6 Å². The fourth-order valence-corrected chi connectivity index (χ4v) is 1.50. The first-order valence-electron chi connectivity index (χ1n) is 3.79. The van der Waals surface area contributed by atoms with Crippen LogP contribution in [0.4, 0.5) is 0 Å². The van der Waals surface area contributed by atoms with E-state index in [2.05, 4.69) is 23.7 Å². The van der Waals surface area contributed by atoms with Crippen LogP contribution in [-0.4, -0.2) is 4.98 Å². The number of hydrogen-bond donors (Lipinski definition) is 2. The van der Waals surface area contributed by atoms with E-state index >= 15 is 0 Å². The lowest BCUT2D eigenvalue weighted by atomic mass is 10.1. The van der Waals surface area contributed by atoms with Crippen molar-refractivity contribution in [3.8, 4) is 11.1 Å².